The highest BCUT2D eigenvalue weighted by molar-refractivity contribution is 5.69. The molecule has 0 radical (unpaired) electrons. The number of rotatable bonds is 9. The maximum Gasteiger partial charge on any atom is 0.317 e. The van der Waals surface area contributed by atoms with E-state index in [1.54, 1.807) is 17.0 Å². The van der Waals surface area contributed by atoms with Crippen LogP contribution < -0.4 is 10.2 Å². The molecule has 21 heavy (non-hydrogen) atoms. The molecular formula is C14H19FN2O4. The molecular weight excluding hydrogens is 279 g/mol. The SMILES string of the molecule is CCN(CCC(=O)O)c1cc(CNCC(=O)O)ccc1F. The number of aliphatic carboxylic acids is 2. The number of carboxylic acid groups (broad SMARTS) is 2. The van der Waals surface area contributed by atoms with Crippen LogP contribution in [-0.2, 0) is 16.1 Å². The molecule has 6 nitrogen and oxygen atoms in total. The summed E-state index contributed by atoms with van der Waals surface area (Å²) in [4.78, 5) is 22.7. The van der Waals surface area contributed by atoms with Crippen LogP contribution in [0.5, 0.6) is 0 Å². The van der Waals surface area contributed by atoms with E-state index in [0.29, 0.717) is 18.8 Å². The number of benzene rings is 1. The third-order valence-electron chi connectivity index (χ3n) is 2.93. The Morgan fingerprint density at radius 2 is 2.00 bits per heavy atom. The summed E-state index contributed by atoms with van der Waals surface area (Å²) in [6.45, 7) is 2.64. The van der Waals surface area contributed by atoms with E-state index in [4.69, 9.17) is 10.2 Å². The Balaban J connectivity index is 2.79. The summed E-state index contributed by atoms with van der Waals surface area (Å²) in [5, 5.41) is 20.0. The maximum atomic E-state index is 13.9. The molecule has 3 N–H and O–H groups in total. The molecule has 1 aromatic carbocycles. The van der Waals surface area contributed by atoms with Gasteiger partial charge in [-0.3, -0.25) is 9.59 Å². The first-order valence-corrected chi connectivity index (χ1v) is 6.61. The van der Waals surface area contributed by atoms with Gasteiger partial charge in [-0.15, -0.1) is 0 Å². The van der Waals surface area contributed by atoms with Crippen LogP contribution in [0.4, 0.5) is 10.1 Å². The summed E-state index contributed by atoms with van der Waals surface area (Å²) < 4.78 is 13.9. The van der Waals surface area contributed by atoms with Crippen molar-refractivity contribution in [2.75, 3.05) is 24.5 Å². The van der Waals surface area contributed by atoms with Crippen LogP contribution in [0.1, 0.15) is 18.9 Å². The van der Waals surface area contributed by atoms with E-state index in [-0.39, 0.29) is 19.5 Å². The van der Waals surface area contributed by atoms with Crippen molar-refractivity contribution in [1.82, 2.24) is 5.32 Å². The van der Waals surface area contributed by atoms with E-state index in [1.807, 2.05) is 6.92 Å². The molecule has 0 atom stereocenters. The van der Waals surface area contributed by atoms with Crippen LogP contribution in [-0.4, -0.2) is 41.8 Å². The lowest BCUT2D eigenvalue weighted by molar-refractivity contribution is -0.137. The van der Waals surface area contributed by atoms with Gasteiger partial charge in [0.1, 0.15) is 5.82 Å². The normalized spacial score (nSPS) is 10.4. The third kappa shape index (κ3) is 5.78. The minimum atomic E-state index is -0.964. The van der Waals surface area contributed by atoms with Crippen LogP contribution >= 0.6 is 0 Å². The molecule has 0 aromatic heterocycles. The van der Waals surface area contributed by atoms with Crippen LogP contribution in [0.3, 0.4) is 0 Å². The highest BCUT2D eigenvalue weighted by Crippen LogP contribution is 2.21. The first kappa shape index (κ1) is 16.9. The van der Waals surface area contributed by atoms with Crippen LogP contribution in [0.25, 0.3) is 0 Å². The van der Waals surface area contributed by atoms with Gasteiger partial charge in [0.25, 0.3) is 0 Å². The Kier molecular flexibility index (Phi) is 6.61. The molecule has 0 bridgehead atoms. The van der Waals surface area contributed by atoms with E-state index < -0.39 is 17.8 Å². The Hall–Kier alpha value is -2.15. The second-order valence-corrected chi connectivity index (χ2v) is 4.51. The van der Waals surface area contributed by atoms with Gasteiger partial charge >= 0.3 is 11.9 Å². The summed E-state index contributed by atoms with van der Waals surface area (Å²) >= 11 is 0. The summed E-state index contributed by atoms with van der Waals surface area (Å²) in [6.07, 6.45) is -0.0746. The average molecular weight is 298 g/mol. The molecule has 0 aliphatic carbocycles. The predicted molar refractivity (Wildman–Crippen MR) is 75.9 cm³/mol. The minimum absolute atomic E-state index is 0.0746. The van der Waals surface area contributed by atoms with Crippen molar-refractivity contribution in [2.45, 2.75) is 19.9 Å². The van der Waals surface area contributed by atoms with Crippen LogP contribution in [0, 0.1) is 5.82 Å². The Morgan fingerprint density at radius 3 is 2.57 bits per heavy atom. The molecule has 0 heterocycles. The highest BCUT2D eigenvalue weighted by Gasteiger charge is 2.12. The van der Waals surface area contributed by atoms with E-state index in [1.165, 1.54) is 6.07 Å². The summed E-state index contributed by atoms with van der Waals surface area (Å²) in [5.74, 6) is -2.33. The average Bonchev–Trinajstić information content (AvgIpc) is 2.41. The Bertz CT molecular complexity index is 508. The van der Waals surface area contributed by atoms with E-state index in [2.05, 4.69) is 5.32 Å². The van der Waals surface area contributed by atoms with Crippen molar-refractivity contribution in [1.29, 1.82) is 0 Å². The topological polar surface area (TPSA) is 89.9 Å². The van der Waals surface area contributed by atoms with Crippen molar-refractivity contribution in [3.05, 3.63) is 29.6 Å². The van der Waals surface area contributed by atoms with Gasteiger partial charge in [-0.2, -0.15) is 0 Å². The van der Waals surface area contributed by atoms with Gasteiger partial charge in [-0.05, 0) is 24.6 Å². The molecule has 0 fully saturated rings. The summed E-state index contributed by atoms with van der Waals surface area (Å²) in [5.41, 5.74) is 1.06. The lowest BCUT2D eigenvalue weighted by Crippen LogP contribution is -2.27. The molecule has 0 saturated carbocycles. The van der Waals surface area contributed by atoms with Crippen molar-refractivity contribution >= 4 is 17.6 Å². The highest BCUT2D eigenvalue weighted by atomic mass is 19.1. The van der Waals surface area contributed by atoms with E-state index in [0.717, 1.165) is 5.56 Å². The molecule has 116 valence electrons. The largest absolute Gasteiger partial charge is 0.481 e. The minimum Gasteiger partial charge on any atom is -0.481 e. The number of hydrogen-bond donors (Lipinski definition) is 3. The van der Waals surface area contributed by atoms with Crippen molar-refractivity contribution < 1.29 is 24.2 Å². The van der Waals surface area contributed by atoms with Gasteiger partial charge in [0.05, 0.1) is 18.7 Å². The number of halogens is 1. The van der Waals surface area contributed by atoms with Gasteiger partial charge in [0.15, 0.2) is 0 Å². The summed E-state index contributed by atoms with van der Waals surface area (Å²) in [6, 6.07) is 4.48. The fourth-order valence-corrected chi connectivity index (χ4v) is 1.90. The quantitative estimate of drug-likeness (QED) is 0.637. The van der Waals surface area contributed by atoms with Crippen molar-refractivity contribution in [3.63, 3.8) is 0 Å². The lowest BCUT2D eigenvalue weighted by Gasteiger charge is -2.23. The molecule has 0 spiro atoms. The molecule has 0 aliphatic heterocycles. The molecule has 1 rings (SSSR count). The number of nitrogens with one attached hydrogen (secondary N) is 1. The second-order valence-electron chi connectivity index (χ2n) is 4.51. The number of anilines is 1. The van der Waals surface area contributed by atoms with Gasteiger partial charge in [0.2, 0.25) is 0 Å². The maximum absolute atomic E-state index is 13.9. The smallest absolute Gasteiger partial charge is 0.317 e. The molecule has 0 unspecified atom stereocenters. The second kappa shape index (κ2) is 8.21. The number of carboxylic acids is 2. The Morgan fingerprint density at radius 1 is 1.29 bits per heavy atom. The van der Waals surface area contributed by atoms with Gasteiger partial charge < -0.3 is 20.4 Å². The van der Waals surface area contributed by atoms with E-state index in [9.17, 15) is 14.0 Å². The third-order valence-corrected chi connectivity index (χ3v) is 2.93. The zero-order valence-corrected chi connectivity index (χ0v) is 11.8. The van der Waals surface area contributed by atoms with Crippen LogP contribution in [0.15, 0.2) is 18.2 Å². The van der Waals surface area contributed by atoms with Crippen molar-refractivity contribution in [3.8, 4) is 0 Å². The first-order valence-electron chi connectivity index (χ1n) is 6.61. The fraction of sp³-hybridized carbons (Fsp3) is 0.429. The fourth-order valence-electron chi connectivity index (χ4n) is 1.90. The molecule has 0 aliphatic rings. The zero-order valence-electron chi connectivity index (χ0n) is 11.8. The van der Waals surface area contributed by atoms with Gasteiger partial charge in [-0.25, -0.2) is 4.39 Å². The Labute approximate surface area is 122 Å². The molecule has 1 aromatic rings. The predicted octanol–water partition coefficient (Wildman–Crippen LogP) is 1.30. The number of carbonyl (C=O) groups is 2. The van der Waals surface area contributed by atoms with Crippen LogP contribution in [0.2, 0.25) is 0 Å². The summed E-state index contributed by atoms with van der Waals surface area (Å²) in [7, 11) is 0. The van der Waals surface area contributed by atoms with Crippen molar-refractivity contribution in [2.24, 2.45) is 0 Å². The number of hydrogen-bond acceptors (Lipinski definition) is 4. The molecule has 7 heteroatoms. The lowest BCUT2D eigenvalue weighted by atomic mass is 10.1. The molecule has 0 amide bonds. The number of nitrogens with zero attached hydrogens (tertiary/aromatic N) is 1. The zero-order chi connectivity index (χ0) is 15.8. The monoisotopic (exact) mass is 298 g/mol. The standard InChI is InChI=1S/C14H19FN2O4/c1-2-17(6-5-13(18)19)12-7-10(3-4-11(12)15)8-16-9-14(20)21/h3-4,7,16H,2,5-6,8-9H2,1H3,(H,18,19)(H,20,21). The van der Waals surface area contributed by atoms with E-state index >= 15 is 0 Å². The first-order chi connectivity index (χ1) is 9.93. The molecule has 0 saturated heterocycles. The van der Waals surface area contributed by atoms with Gasteiger partial charge in [-0.1, -0.05) is 6.07 Å². The van der Waals surface area contributed by atoms with Gasteiger partial charge in [0, 0.05) is 19.6 Å².